The molecule has 3 heterocycles. The van der Waals surface area contributed by atoms with Gasteiger partial charge in [-0.1, -0.05) is 18.2 Å². The molecule has 28 heavy (non-hydrogen) atoms. The Hall–Kier alpha value is -3.81. The number of pyridine rings is 1. The van der Waals surface area contributed by atoms with E-state index in [4.69, 9.17) is 4.74 Å². The molecule has 0 aliphatic heterocycles. The Labute approximate surface area is 160 Å². The summed E-state index contributed by atoms with van der Waals surface area (Å²) in [6.45, 7) is 2.40. The largest absolute Gasteiger partial charge is 0.456 e. The maximum Gasteiger partial charge on any atom is 0.338 e. The van der Waals surface area contributed by atoms with Crippen LogP contribution in [0.3, 0.4) is 0 Å². The van der Waals surface area contributed by atoms with E-state index in [-0.39, 0.29) is 12.2 Å². The number of hydrogen-bond donors (Lipinski definition) is 0. The first-order valence-corrected chi connectivity index (χ1v) is 8.66. The Balaban J connectivity index is 1.43. The monoisotopic (exact) mass is 375 g/mol. The first-order valence-electron chi connectivity index (χ1n) is 8.66. The van der Waals surface area contributed by atoms with E-state index in [0.717, 1.165) is 11.1 Å². The van der Waals surface area contributed by atoms with Crippen molar-refractivity contribution in [3.8, 4) is 0 Å². The number of aromatic nitrogens is 5. The van der Waals surface area contributed by atoms with Gasteiger partial charge in [0.05, 0.1) is 17.8 Å². The lowest BCUT2D eigenvalue weighted by atomic mass is 10.1. The van der Waals surface area contributed by atoms with Crippen molar-refractivity contribution in [2.24, 2.45) is 0 Å². The summed E-state index contributed by atoms with van der Waals surface area (Å²) in [5.74, 6) is -0.474. The average molecular weight is 375 g/mol. The van der Waals surface area contributed by atoms with Crippen LogP contribution >= 0.6 is 0 Å². The van der Waals surface area contributed by atoms with Gasteiger partial charge >= 0.3 is 5.97 Å². The number of fused-ring (bicyclic) bond motifs is 1. The fourth-order valence-electron chi connectivity index (χ4n) is 2.80. The second-order valence-electron chi connectivity index (χ2n) is 6.39. The minimum absolute atomic E-state index is 0.0703. The third-order valence-electron chi connectivity index (χ3n) is 4.21. The predicted molar refractivity (Wildman–Crippen MR) is 101 cm³/mol. The molecule has 0 radical (unpaired) electrons. The van der Waals surface area contributed by atoms with E-state index < -0.39 is 5.97 Å². The van der Waals surface area contributed by atoms with Gasteiger partial charge in [-0.3, -0.25) is 9.20 Å². The molecule has 0 spiro atoms. The molecule has 8 heteroatoms. The van der Waals surface area contributed by atoms with Gasteiger partial charge in [0.2, 0.25) is 0 Å². The van der Waals surface area contributed by atoms with Crippen molar-refractivity contribution in [2.45, 2.75) is 20.1 Å². The highest BCUT2D eigenvalue weighted by Gasteiger charge is 2.10. The third-order valence-corrected chi connectivity index (χ3v) is 4.21. The smallest absolute Gasteiger partial charge is 0.338 e. The van der Waals surface area contributed by atoms with E-state index in [1.54, 1.807) is 35.4 Å². The van der Waals surface area contributed by atoms with Gasteiger partial charge in [0.1, 0.15) is 24.9 Å². The van der Waals surface area contributed by atoms with Gasteiger partial charge in [-0.2, -0.15) is 5.10 Å². The number of benzene rings is 1. The fourth-order valence-corrected chi connectivity index (χ4v) is 2.80. The van der Waals surface area contributed by atoms with Gasteiger partial charge in [-0.15, -0.1) is 0 Å². The number of hydrogen-bond acceptors (Lipinski definition) is 6. The van der Waals surface area contributed by atoms with Crippen LogP contribution in [-0.4, -0.2) is 30.1 Å². The zero-order chi connectivity index (χ0) is 19.5. The second kappa shape index (κ2) is 7.43. The number of nitrogens with zero attached hydrogens (tertiary/aromatic N) is 5. The summed E-state index contributed by atoms with van der Waals surface area (Å²) in [4.78, 5) is 32.7. The van der Waals surface area contributed by atoms with Crippen LogP contribution in [0.2, 0.25) is 0 Å². The quantitative estimate of drug-likeness (QED) is 0.496. The minimum atomic E-state index is -0.474. The maximum atomic E-state index is 12.3. The van der Waals surface area contributed by atoms with Crippen LogP contribution in [0.5, 0.6) is 0 Å². The van der Waals surface area contributed by atoms with Crippen molar-refractivity contribution in [1.82, 2.24) is 24.1 Å². The van der Waals surface area contributed by atoms with Crippen molar-refractivity contribution in [3.05, 3.63) is 94.1 Å². The van der Waals surface area contributed by atoms with Crippen LogP contribution in [-0.2, 0) is 17.9 Å². The van der Waals surface area contributed by atoms with Crippen molar-refractivity contribution < 1.29 is 9.53 Å². The molecule has 0 bridgehead atoms. The summed E-state index contributed by atoms with van der Waals surface area (Å²) < 4.78 is 8.47. The SMILES string of the molecule is Cc1ccc2nc(COC(=O)c3ccc(Cn4cncn4)cc3)cc(=O)n2c1. The third kappa shape index (κ3) is 3.80. The molecular weight excluding hydrogens is 358 g/mol. The number of carbonyl (C=O) groups is 1. The molecule has 1 aromatic carbocycles. The molecule has 0 aliphatic rings. The molecule has 0 aliphatic carbocycles. The Morgan fingerprint density at radius 2 is 1.96 bits per heavy atom. The molecule has 4 rings (SSSR count). The topological polar surface area (TPSA) is 91.4 Å². The normalized spacial score (nSPS) is 10.9. The Bertz CT molecular complexity index is 1180. The van der Waals surface area contributed by atoms with Crippen molar-refractivity contribution in [2.75, 3.05) is 0 Å². The van der Waals surface area contributed by atoms with Gasteiger partial charge in [0, 0.05) is 12.3 Å². The molecule has 0 unspecified atom stereocenters. The first kappa shape index (κ1) is 17.6. The molecule has 4 aromatic rings. The molecule has 0 fully saturated rings. The van der Waals surface area contributed by atoms with Gasteiger partial charge in [-0.05, 0) is 36.2 Å². The van der Waals surface area contributed by atoms with E-state index in [0.29, 0.717) is 23.4 Å². The van der Waals surface area contributed by atoms with Gasteiger partial charge in [0.15, 0.2) is 0 Å². The molecule has 3 aromatic heterocycles. The molecule has 8 nitrogen and oxygen atoms in total. The average Bonchev–Trinajstić information content (AvgIpc) is 3.20. The number of carbonyl (C=O) groups excluding carboxylic acids is 1. The fraction of sp³-hybridized carbons (Fsp3) is 0.150. The predicted octanol–water partition coefficient (Wildman–Crippen LogP) is 2.00. The maximum absolute atomic E-state index is 12.3. The highest BCUT2D eigenvalue weighted by atomic mass is 16.5. The summed E-state index contributed by atoms with van der Waals surface area (Å²) in [7, 11) is 0. The molecule has 0 atom stereocenters. The highest BCUT2D eigenvalue weighted by molar-refractivity contribution is 5.89. The van der Waals surface area contributed by atoms with Crippen LogP contribution in [0, 0.1) is 6.92 Å². The van der Waals surface area contributed by atoms with Gasteiger partial charge < -0.3 is 4.74 Å². The highest BCUT2D eigenvalue weighted by Crippen LogP contribution is 2.09. The lowest BCUT2D eigenvalue weighted by Gasteiger charge is -2.07. The number of ether oxygens (including phenoxy) is 1. The van der Waals surface area contributed by atoms with E-state index in [1.165, 1.54) is 16.8 Å². The van der Waals surface area contributed by atoms with Crippen LogP contribution in [0.25, 0.3) is 5.65 Å². The van der Waals surface area contributed by atoms with Crippen LogP contribution in [0.1, 0.15) is 27.2 Å². The molecule has 140 valence electrons. The van der Waals surface area contributed by atoms with E-state index >= 15 is 0 Å². The summed E-state index contributed by atoms with van der Waals surface area (Å²) in [6, 6.07) is 12.1. The van der Waals surface area contributed by atoms with Crippen LogP contribution in [0.4, 0.5) is 0 Å². The van der Waals surface area contributed by atoms with Crippen molar-refractivity contribution >= 4 is 11.6 Å². The summed E-state index contributed by atoms with van der Waals surface area (Å²) >= 11 is 0. The second-order valence-corrected chi connectivity index (χ2v) is 6.39. The van der Waals surface area contributed by atoms with E-state index in [1.807, 2.05) is 25.1 Å². The molecule has 0 saturated carbocycles. The molecular formula is C20H17N5O3. The van der Waals surface area contributed by atoms with E-state index in [2.05, 4.69) is 15.1 Å². The number of esters is 1. The van der Waals surface area contributed by atoms with Crippen molar-refractivity contribution in [1.29, 1.82) is 0 Å². The molecule has 0 N–H and O–H groups in total. The Morgan fingerprint density at radius 1 is 1.14 bits per heavy atom. The lowest BCUT2D eigenvalue weighted by molar-refractivity contribution is 0.0467. The standard InChI is InChI=1S/C20H17N5O3/c1-14-2-7-18-23-17(8-19(26)25(18)9-14)11-28-20(27)16-5-3-15(4-6-16)10-24-13-21-12-22-24/h2-9,12-13H,10-11H2,1H3. The molecule has 0 saturated heterocycles. The van der Waals surface area contributed by atoms with Crippen LogP contribution in [0.15, 0.2) is 66.1 Å². The summed E-state index contributed by atoms with van der Waals surface area (Å²) in [5.41, 5.74) is 3.09. The summed E-state index contributed by atoms with van der Waals surface area (Å²) in [6.07, 6.45) is 4.82. The zero-order valence-electron chi connectivity index (χ0n) is 15.1. The minimum Gasteiger partial charge on any atom is -0.456 e. The van der Waals surface area contributed by atoms with Crippen molar-refractivity contribution in [3.63, 3.8) is 0 Å². The van der Waals surface area contributed by atoms with Gasteiger partial charge in [-0.25, -0.2) is 19.4 Å². The first-order chi connectivity index (χ1) is 13.6. The molecule has 0 amide bonds. The zero-order valence-corrected chi connectivity index (χ0v) is 15.1. The number of rotatable bonds is 5. The summed E-state index contributed by atoms with van der Waals surface area (Å²) in [5, 5.41) is 4.05. The Morgan fingerprint density at radius 3 is 2.71 bits per heavy atom. The van der Waals surface area contributed by atoms with E-state index in [9.17, 15) is 9.59 Å². The lowest BCUT2D eigenvalue weighted by Crippen LogP contribution is -2.17. The number of aryl methyl sites for hydroxylation is 1. The van der Waals surface area contributed by atoms with Gasteiger partial charge in [0.25, 0.3) is 5.56 Å². The Kier molecular flexibility index (Phi) is 4.67. The van der Waals surface area contributed by atoms with Crippen LogP contribution < -0.4 is 5.56 Å².